The van der Waals surface area contributed by atoms with E-state index in [1.54, 1.807) is 0 Å². The first kappa shape index (κ1) is 10.6. The average Bonchev–Trinajstić information content (AvgIpc) is 2.15. The van der Waals surface area contributed by atoms with Crippen LogP contribution in [0, 0.1) is 0 Å². The molecule has 0 unspecified atom stereocenters. The van der Waals surface area contributed by atoms with Gasteiger partial charge in [-0.25, -0.2) is 0 Å². The topological polar surface area (TPSA) is 12.0 Å². The number of nitrogens with one attached hydrogen (secondary N) is 1. The molecule has 0 heterocycles. The summed E-state index contributed by atoms with van der Waals surface area (Å²) < 4.78 is 0. The van der Waals surface area contributed by atoms with Crippen molar-refractivity contribution in [1.82, 2.24) is 5.32 Å². The second-order valence-corrected chi connectivity index (χ2v) is 3.97. The molecule has 1 atom stereocenters. The zero-order valence-corrected chi connectivity index (χ0v) is 8.88. The predicted octanol–water partition coefficient (Wildman–Crippen LogP) is 2.96. The maximum absolute atomic E-state index is 6.19. The number of rotatable bonds is 4. The minimum atomic E-state index is 0.0728. The van der Waals surface area contributed by atoms with E-state index in [0.717, 1.165) is 6.54 Å². The van der Waals surface area contributed by atoms with Crippen LogP contribution < -0.4 is 5.32 Å². The first-order valence-electron chi connectivity index (χ1n) is 4.62. The third-order valence-corrected chi connectivity index (χ3v) is 2.27. The molecule has 1 N–H and O–H groups in total. The SMILES string of the molecule is CC(C)NC[C@H](Cl)c1ccccc1. The van der Waals surface area contributed by atoms with Crippen molar-refractivity contribution >= 4 is 11.6 Å². The van der Waals surface area contributed by atoms with Gasteiger partial charge in [-0.3, -0.25) is 0 Å². The van der Waals surface area contributed by atoms with E-state index in [-0.39, 0.29) is 5.38 Å². The molecular formula is C11H16ClN. The number of hydrogen-bond donors (Lipinski definition) is 1. The molecule has 1 nitrogen and oxygen atoms in total. The maximum Gasteiger partial charge on any atom is 0.0709 e. The molecule has 0 amide bonds. The van der Waals surface area contributed by atoms with Gasteiger partial charge in [0.15, 0.2) is 0 Å². The lowest BCUT2D eigenvalue weighted by atomic mass is 10.1. The highest BCUT2D eigenvalue weighted by atomic mass is 35.5. The Morgan fingerprint density at radius 3 is 2.38 bits per heavy atom. The molecule has 0 saturated carbocycles. The van der Waals surface area contributed by atoms with E-state index >= 15 is 0 Å². The molecule has 0 aliphatic carbocycles. The summed E-state index contributed by atoms with van der Waals surface area (Å²) >= 11 is 6.19. The first-order chi connectivity index (χ1) is 6.20. The number of alkyl halides is 1. The van der Waals surface area contributed by atoms with Crippen LogP contribution in [0.25, 0.3) is 0 Å². The quantitative estimate of drug-likeness (QED) is 0.732. The molecule has 0 aromatic heterocycles. The Morgan fingerprint density at radius 1 is 1.23 bits per heavy atom. The highest BCUT2D eigenvalue weighted by Crippen LogP contribution is 2.18. The van der Waals surface area contributed by atoms with Gasteiger partial charge in [-0.1, -0.05) is 44.2 Å². The van der Waals surface area contributed by atoms with Gasteiger partial charge in [-0.15, -0.1) is 11.6 Å². The third-order valence-electron chi connectivity index (χ3n) is 1.87. The van der Waals surface area contributed by atoms with Crippen molar-refractivity contribution in [3.05, 3.63) is 35.9 Å². The van der Waals surface area contributed by atoms with E-state index in [2.05, 4.69) is 31.3 Å². The zero-order valence-electron chi connectivity index (χ0n) is 8.13. The highest BCUT2D eigenvalue weighted by molar-refractivity contribution is 6.21. The van der Waals surface area contributed by atoms with Crippen molar-refractivity contribution in [2.45, 2.75) is 25.3 Å². The lowest BCUT2D eigenvalue weighted by Gasteiger charge is -2.13. The van der Waals surface area contributed by atoms with Crippen molar-refractivity contribution in [2.24, 2.45) is 0 Å². The Balaban J connectivity index is 2.44. The van der Waals surface area contributed by atoms with E-state index in [1.807, 2.05) is 18.2 Å². The fourth-order valence-corrected chi connectivity index (χ4v) is 1.35. The number of hydrogen-bond acceptors (Lipinski definition) is 1. The van der Waals surface area contributed by atoms with Crippen LogP contribution in [-0.4, -0.2) is 12.6 Å². The Kier molecular flexibility index (Phi) is 4.26. The largest absolute Gasteiger partial charge is 0.313 e. The van der Waals surface area contributed by atoms with Crippen LogP contribution in [0.2, 0.25) is 0 Å². The van der Waals surface area contributed by atoms with E-state index in [1.165, 1.54) is 5.56 Å². The van der Waals surface area contributed by atoms with Gasteiger partial charge < -0.3 is 5.32 Å². The van der Waals surface area contributed by atoms with Crippen molar-refractivity contribution < 1.29 is 0 Å². The van der Waals surface area contributed by atoms with Crippen molar-refractivity contribution in [2.75, 3.05) is 6.54 Å². The smallest absolute Gasteiger partial charge is 0.0709 e. The van der Waals surface area contributed by atoms with Crippen molar-refractivity contribution in [3.8, 4) is 0 Å². The molecule has 1 rings (SSSR count). The van der Waals surface area contributed by atoms with Crippen molar-refractivity contribution in [3.63, 3.8) is 0 Å². The zero-order chi connectivity index (χ0) is 9.68. The first-order valence-corrected chi connectivity index (χ1v) is 5.06. The van der Waals surface area contributed by atoms with Gasteiger partial charge in [-0.05, 0) is 5.56 Å². The standard InChI is InChI=1S/C11H16ClN/c1-9(2)13-8-11(12)10-6-4-3-5-7-10/h3-7,9,11,13H,8H2,1-2H3/t11-/m0/s1. The molecule has 0 fully saturated rings. The third kappa shape index (κ3) is 3.79. The second kappa shape index (κ2) is 5.25. The summed E-state index contributed by atoms with van der Waals surface area (Å²) in [6.07, 6.45) is 0. The molecule has 0 saturated heterocycles. The molecule has 0 radical (unpaired) electrons. The van der Waals surface area contributed by atoms with Crippen LogP contribution in [0.1, 0.15) is 24.8 Å². The van der Waals surface area contributed by atoms with Crippen LogP contribution in [0.15, 0.2) is 30.3 Å². The van der Waals surface area contributed by atoms with E-state index in [4.69, 9.17) is 11.6 Å². The average molecular weight is 198 g/mol. The van der Waals surface area contributed by atoms with E-state index < -0.39 is 0 Å². The lowest BCUT2D eigenvalue weighted by molar-refractivity contribution is 0.583. The molecule has 0 spiro atoms. The summed E-state index contributed by atoms with van der Waals surface area (Å²) in [4.78, 5) is 0. The van der Waals surface area contributed by atoms with Crippen LogP contribution in [0.3, 0.4) is 0 Å². The maximum atomic E-state index is 6.19. The molecule has 2 heteroatoms. The number of benzene rings is 1. The van der Waals surface area contributed by atoms with E-state index in [0.29, 0.717) is 6.04 Å². The van der Waals surface area contributed by atoms with Crippen LogP contribution >= 0.6 is 11.6 Å². The molecule has 0 aliphatic rings. The van der Waals surface area contributed by atoms with Crippen LogP contribution in [0.5, 0.6) is 0 Å². The van der Waals surface area contributed by atoms with Gasteiger partial charge >= 0.3 is 0 Å². The monoisotopic (exact) mass is 197 g/mol. The molecule has 0 aliphatic heterocycles. The molecule has 0 bridgehead atoms. The fourth-order valence-electron chi connectivity index (χ4n) is 1.12. The predicted molar refractivity (Wildman–Crippen MR) is 58.2 cm³/mol. The Bertz CT molecular complexity index is 233. The summed E-state index contributed by atoms with van der Waals surface area (Å²) in [5, 5.41) is 3.38. The highest BCUT2D eigenvalue weighted by Gasteiger charge is 2.06. The summed E-state index contributed by atoms with van der Waals surface area (Å²) in [7, 11) is 0. The van der Waals surface area contributed by atoms with E-state index in [9.17, 15) is 0 Å². The van der Waals surface area contributed by atoms with Crippen LogP contribution in [0.4, 0.5) is 0 Å². The summed E-state index contributed by atoms with van der Waals surface area (Å²) in [6.45, 7) is 5.06. The fraction of sp³-hybridized carbons (Fsp3) is 0.455. The van der Waals surface area contributed by atoms with Gasteiger partial charge in [0.1, 0.15) is 0 Å². The lowest BCUT2D eigenvalue weighted by Crippen LogP contribution is -2.26. The molecule has 13 heavy (non-hydrogen) atoms. The van der Waals surface area contributed by atoms with Gasteiger partial charge in [0.25, 0.3) is 0 Å². The molecule has 1 aromatic rings. The Morgan fingerprint density at radius 2 is 1.85 bits per heavy atom. The minimum Gasteiger partial charge on any atom is -0.313 e. The van der Waals surface area contributed by atoms with Gasteiger partial charge in [0.2, 0.25) is 0 Å². The molecule has 72 valence electrons. The second-order valence-electron chi connectivity index (χ2n) is 3.44. The minimum absolute atomic E-state index is 0.0728. The van der Waals surface area contributed by atoms with Gasteiger partial charge in [0.05, 0.1) is 5.38 Å². The Hall–Kier alpha value is -0.530. The number of halogens is 1. The summed E-state index contributed by atoms with van der Waals surface area (Å²) in [5.74, 6) is 0. The Labute approximate surface area is 85.1 Å². The van der Waals surface area contributed by atoms with Gasteiger partial charge in [-0.2, -0.15) is 0 Å². The normalized spacial score (nSPS) is 13.2. The summed E-state index contributed by atoms with van der Waals surface area (Å²) in [5.41, 5.74) is 1.18. The van der Waals surface area contributed by atoms with Gasteiger partial charge in [0, 0.05) is 12.6 Å². The molecular weight excluding hydrogens is 182 g/mol. The van der Waals surface area contributed by atoms with Crippen molar-refractivity contribution in [1.29, 1.82) is 0 Å². The molecule has 1 aromatic carbocycles. The summed E-state index contributed by atoms with van der Waals surface area (Å²) in [6, 6.07) is 10.6. The van der Waals surface area contributed by atoms with Crippen LogP contribution in [-0.2, 0) is 0 Å².